The van der Waals surface area contributed by atoms with Crippen LogP contribution in [0.5, 0.6) is 0 Å². The number of hydrogen-bond acceptors (Lipinski definition) is 2. The zero-order chi connectivity index (χ0) is 14.3. The smallest absolute Gasteiger partial charge is 0.0300 e. The van der Waals surface area contributed by atoms with Crippen LogP contribution in [0, 0.1) is 23.2 Å². The van der Waals surface area contributed by atoms with Gasteiger partial charge >= 0.3 is 0 Å². The molecule has 4 aliphatic carbocycles. The van der Waals surface area contributed by atoms with E-state index in [0.717, 1.165) is 24.2 Å². The summed E-state index contributed by atoms with van der Waals surface area (Å²) in [5.41, 5.74) is 2.05. The first-order valence-electron chi connectivity index (χ1n) is 8.81. The Labute approximate surface area is 128 Å². The zero-order valence-electron chi connectivity index (χ0n) is 13.2. The Morgan fingerprint density at radius 3 is 2.38 bits per heavy atom. The van der Waals surface area contributed by atoms with Gasteiger partial charge in [-0.3, -0.25) is 4.98 Å². The molecule has 0 spiro atoms. The van der Waals surface area contributed by atoms with Crippen molar-refractivity contribution in [1.82, 2.24) is 10.3 Å². The second kappa shape index (κ2) is 5.39. The average Bonchev–Trinajstić information content (AvgIpc) is 2.46. The van der Waals surface area contributed by atoms with Crippen LogP contribution in [0.1, 0.15) is 50.5 Å². The number of aromatic nitrogens is 1. The van der Waals surface area contributed by atoms with Crippen molar-refractivity contribution in [2.24, 2.45) is 23.2 Å². The Morgan fingerprint density at radius 1 is 1.19 bits per heavy atom. The van der Waals surface area contributed by atoms with Crippen molar-refractivity contribution in [2.75, 3.05) is 7.05 Å². The van der Waals surface area contributed by atoms with Crippen molar-refractivity contribution in [1.29, 1.82) is 0 Å². The van der Waals surface area contributed by atoms with Gasteiger partial charge in [0.05, 0.1) is 0 Å². The van der Waals surface area contributed by atoms with Crippen LogP contribution in [-0.2, 0) is 6.42 Å². The Kier molecular flexibility index (Phi) is 3.53. The molecule has 2 heteroatoms. The molecule has 21 heavy (non-hydrogen) atoms. The van der Waals surface area contributed by atoms with Gasteiger partial charge in [0.15, 0.2) is 0 Å². The summed E-state index contributed by atoms with van der Waals surface area (Å²) in [6, 6.07) is 4.90. The molecule has 4 aliphatic rings. The Morgan fingerprint density at radius 2 is 1.86 bits per heavy atom. The normalized spacial score (nSPS) is 38.6. The Hall–Kier alpha value is -0.890. The molecular weight excluding hydrogens is 256 g/mol. The van der Waals surface area contributed by atoms with E-state index in [1.807, 2.05) is 12.4 Å². The summed E-state index contributed by atoms with van der Waals surface area (Å²) in [4.78, 5) is 4.27. The Bertz CT molecular complexity index is 446. The average molecular weight is 284 g/mol. The minimum atomic E-state index is 0.616. The summed E-state index contributed by atoms with van der Waals surface area (Å²) < 4.78 is 0. The third kappa shape index (κ3) is 2.75. The molecule has 4 fully saturated rings. The van der Waals surface area contributed by atoms with E-state index < -0.39 is 0 Å². The molecule has 4 saturated carbocycles. The summed E-state index contributed by atoms with van der Waals surface area (Å²) in [5.74, 6) is 3.19. The first-order chi connectivity index (χ1) is 10.2. The first-order valence-corrected chi connectivity index (χ1v) is 8.81. The van der Waals surface area contributed by atoms with Gasteiger partial charge in [-0.05, 0) is 93.2 Å². The zero-order valence-corrected chi connectivity index (χ0v) is 13.2. The molecule has 1 heterocycles. The lowest BCUT2D eigenvalue weighted by molar-refractivity contribution is -0.0616. The second-order valence-electron chi connectivity index (χ2n) is 8.17. The van der Waals surface area contributed by atoms with E-state index in [-0.39, 0.29) is 0 Å². The van der Waals surface area contributed by atoms with Gasteiger partial charge < -0.3 is 5.32 Å². The molecule has 4 bridgehead atoms. The summed E-state index contributed by atoms with van der Waals surface area (Å²) >= 11 is 0. The van der Waals surface area contributed by atoms with Gasteiger partial charge in [0.1, 0.15) is 0 Å². The maximum atomic E-state index is 4.27. The Balaban J connectivity index is 1.46. The topological polar surface area (TPSA) is 24.9 Å². The van der Waals surface area contributed by atoms with Gasteiger partial charge in [-0.15, -0.1) is 0 Å². The molecular formula is C19H28N2. The van der Waals surface area contributed by atoms with E-state index in [9.17, 15) is 0 Å². The second-order valence-corrected chi connectivity index (χ2v) is 8.17. The lowest BCUT2D eigenvalue weighted by atomic mass is 9.48. The summed E-state index contributed by atoms with van der Waals surface area (Å²) in [6.07, 6.45) is 15.6. The van der Waals surface area contributed by atoms with Crippen LogP contribution in [0.4, 0.5) is 0 Å². The number of hydrogen-bond donors (Lipinski definition) is 1. The minimum absolute atomic E-state index is 0.616. The van der Waals surface area contributed by atoms with Crippen molar-refractivity contribution in [3.05, 3.63) is 30.1 Å². The van der Waals surface area contributed by atoms with Crippen LogP contribution in [0.15, 0.2) is 24.5 Å². The van der Waals surface area contributed by atoms with Crippen LogP contribution in [0.25, 0.3) is 0 Å². The van der Waals surface area contributed by atoms with Gasteiger partial charge in [-0.25, -0.2) is 0 Å². The molecule has 1 unspecified atom stereocenters. The lowest BCUT2D eigenvalue weighted by Crippen LogP contribution is -2.48. The number of rotatable bonds is 5. The van der Waals surface area contributed by atoms with Gasteiger partial charge in [0, 0.05) is 18.4 Å². The minimum Gasteiger partial charge on any atom is -0.317 e. The van der Waals surface area contributed by atoms with Gasteiger partial charge in [0.25, 0.3) is 0 Å². The van der Waals surface area contributed by atoms with E-state index in [0.29, 0.717) is 11.5 Å². The fourth-order valence-corrected chi connectivity index (χ4v) is 6.14. The number of pyridine rings is 1. The van der Waals surface area contributed by atoms with Gasteiger partial charge in [-0.1, -0.05) is 6.07 Å². The van der Waals surface area contributed by atoms with E-state index in [1.165, 1.54) is 31.2 Å². The molecule has 1 N–H and O–H groups in total. The number of likely N-dealkylation sites (N-methyl/N-ethyl adjacent to an activating group) is 1. The van der Waals surface area contributed by atoms with Crippen molar-refractivity contribution in [3.8, 4) is 0 Å². The van der Waals surface area contributed by atoms with Crippen LogP contribution < -0.4 is 5.32 Å². The van der Waals surface area contributed by atoms with Gasteiger partial charge in [0.2, 0.25) is 0 Å². The maximum absolute atomic E-state index is 4.27. The van der Waals surface area contributed by atoms with E-state index >= 15 is 0 Å². The van der Waals surface area contributed by atoms with Crippen molar-refractivity contribution >= 4 is 0 Å². The molecule has 0 amide bonds. The molecule has 0 aromatic carbocycles. The van der Waals surface area contributed by atoms with E-state index in [2.05, 4.69) is 29.5 Å². The standard InChI is InChI=1S/C19H28N2/c1-20-18(8-14-3-2-4-21-13-14)12-19-9-15-5-16(10-19)7-17(6-15)11-19/h2-4,13,15-18,20H,5-12H2,1H3. The molecule has 0 aliphatic heterocycles. The van der Waals surface area contributed by atoms with Crippen molar-refractivity contribution < 1.29 is 0 Å². The monoisotopic (exact) mass is 284 g/mol. The summed E-state index contributed by atoms with van der Waals surface area (Å²) in [6.45, 7) is 0. The molecule has 0 saturated heterocycles. The van der Waals surface area contributed by atoms with Crippen LogP contribution in [0.3, 0.4) is 0 Å². The SMILES string of the molecule is CNC(Cc1cccnc1)CC12CC3CC(CC(C3)C1)C2. The fourth-order valence-electron chi connectivity index (χ4n) is 6.14. The quantitative estimate of drug-likeness (QED) is 0.889. The van der Waals surface area contributed by atoms with Crippen molar-refractivity contribution in [2.45, 2.75) is 57.4 Å². The van der Waals surface area contributed by atoms with Crippen LogP contribution in [0.2, 0.25) is 0 Å². The molecule has 1 aromatic rings. The predicted molar refractivity (Wildman–Crippen MR) is 86.0 cm³/mol. The third-order valence-corrected chi connectivity index (χ3v) is 6.46. The summed E-state index contributed by atoms with van der Waals surface area (Å²) in [7, 11) is 2.14. The van der Waals surface area contributed by atoms with Gasteiger partial charge in [-0.2, -0.15) is 0 Å². The molecule has 114 valence electrons. The largest absolute Gasteiger partial charge is 0.317 e. The fraction of sp³-hybridized carbons (Fsp3) is 0.737. The molecule has 5 rings (SSSR count). The molecule has 2 nitrogen and oxygen atoms in total. The maximum Gasteiger partial charge on any atom is 0.0300 e. The summed E-state index contributed by atoms with van der Waals surface area (Å²) in [5, 5.41) is 3.60. The van der Waals surface area contributed by atoms with E-state index in [1.54, 1.807) is 19.3 Å². The lowest BCUT2D eigenvalue weighted by Gasteiger charge is -2.57. The highest BCUT2D eigenvalue weighted by Crippen LogP contribution is 2.61. The molecule has 0 radical (unpaired) electrons. The first kappa shape index (κ1) is 13.8. The molecule has 1 aromatic heterocycles. The van der Waals surface area contributed by atoms with Crippen LogP contribution >= 0.6 is 0 Å². The highest BCUT2D eigenvalue weighted by Gasteiger charge is 2.51. The number of nitrogens with one attached hydrogen (secondary N) is 1. The highest BCUT2D eigenvalue weighted by atomic mass is 14.9. The number of nitrogens with zero attached hydrogens (tertiary/aromatic N) is 1. The predicted octanol–water partition coefficient (Wildman–Crippen LogP) is 3.82. The van der Waals surface area contributed by atoms with Crippen LogP contribution in [-0.4, -0.2) is 18.1 Å². The van der Waals surface area contributed by atoms with E-state index in [4.69, 9.17) is 0 Å². The third-order valence-electron chi connectivity index (χ3n) is 6.46. The van der Waals surface area contributed by atoms with Crippen molar-refractivity contribution in [3.63, 3.8) is 0 Å². The highest BCUT2D eigenvalue weighted by molar-refractivity contribution is 5.11. The molecule has 1 atom stereocenters.